The predicted molar refractivity (Wildman–Crippen MR) is 111 cm³/mol. The lowest BCUT2D eigenvalue weighted by atomic mass is 10.2. The molecule has 0 unspecified atom stereocenters. The molecule has 9 nitrogen and oxygen atoms in total. The standard InChI is InChI=1S/C21H19N3O6S/c1-13(22-19-17-5-3-4-6-18(17)31(26,27)24-19)21(25)30-12-15-11-29-20(23-15)14-7-9-16(28-2)10-8-14/h3-11,13H,12H2,1-2H3,(H,22,24)/t13-/m0/s1. The van der Waals surface area contributed by atoms with E-state index in [2.05, 4.69) is 14.7 Å². The van der Waals surface area contributed by atoms with Gasteiger partial charge in [-0.3, -0.25) is 9.71 Å². The highest BCUT2D eigenvalue weighted by Crippen LogP contribution is 2.23. The highest BCUT2D eigenvalue weighted by atomic mass is 32.2. The fourth-order valence-corrected chi connectivity index (χ4v) is 4.22. The maximum atomic E-state index is 12.3. The molecule has 160 valence electrons. The van der Waals surface area contributed by atoms with Crippen LogP contribution in [0.15, 0.2) is 69.1 Å². The van der Waals surface area contributed by atoms with E-state index in [0.717, 1.165) is 5.56 Å². The molecule has 3 aromatic rings. The van der Waals surface area contributed by atoms with Gasteiger partial charge in [-0.25, -0.2) is 18.2 Å². The van der Waals surface area contributed by atoms with E-state index in [4.69, 9.17) is 13.9 Å². The van der Waals surface area contributed by atoms with Crippen LogP contribution in [0.3, 0.4) is 0 Å². The number of oxazole rings is 1. The third-order valence-electron chi connectivity index (χ3n) is 4.58. The van der Waals surface area contributed by atoms with Crippen LogP contribution in [-0.4, -0.2) is 38.4 Å². The number of esters is 1. The van der Waals surface area contributed by atoms with E-state index < -0.39 is 22.0 Å². The van der Waals surface area contributed by atoms with Gasteiger partial charge in [0.1, 0.15) is 36.2 Å². The number of benzene rings is 2. The summed E-state index contributed by atoms with van der Waals surface area (Å²) in [7, 11) is -2.09. The number of carbonyl (C=O) groups is 1. The molecule has 0 fully saturated rings. The second-order valence-electron chi connectivity index (χ2n) is 6.74. The Kier molecular flexibility index (Phi) is 5.47. The van der Waals surface area contributed by atoms with Crippen LogP contribution >= 0.6 is 0 Å². The molecule has 0 radical (unpaired) electrons. The number of nitrogens with one attached hydrogen (secondary N) is 1. The van der Waals surface area contributed by atoms with E-state index in [0.29, 0.717) is 22.9 Å². The number of aromatic nitrogens is 1. The molecule has 31 heavy (non-hydrogen) atoms. The van der Waals surface area contributed by atoms with Crippen LogP contribution in [0, 0.1) is 0 Å². The Bertz CT molecular complexity index is 1250. The number of fused-ring (bicyclic) bond motifs is 1. The molecular weight excluding hydrogens is 422 g/mol. The molecule has 1 aliphatic rings. The van der Waals surface area contributed by atoms with Crippen LogP contribution in [-0.2, 0) is 26.2 Å². The average Bonchev–Trinajstić information content (AvgIpc) is 3.35. The van der Waals surface area contributed by atoms with E-state index in [-0.39, 0.29) is 17.3 Å². The Balaban J connectivity index is 1.40. The number of ether oxygens (including phenoxy) is 2. The number of rotatable bonds is 6. The van der Waals surface area contributed by atoms with E-state index in [1.807, 2.05) is 0 Å². The van der Waals surface area contributed by atoms with E-state index in [9.17, 15) is 13.2 Å². The second kappa shape index (κ2) is 8.23. The molecule has 0 saturated heterocycles. The van der Waals surface area contributed by atoms with Crippen LogP contribution < -0.4 is 9.46 Å². The lowest BCUT2D eigenvalue weighted by Crippen LogP contribution is -2.26. The zero-order valence-corrected chi connectivity index (χ0v) is 17.5. The number of carbonyl (C=O) groups excluding carboxylic acids is 1. The Labute approximate surface area is 178 Å². The fourth-order valence-electron chi connectivity index (χ4n) is 2.98. The van der Waals surface area contributed by atoms with Crippen molar-refractivity contribution in [1.82, 2.24) is 9.71 Å². The smallest absolute Gasteiger partial charge is 0.331 e. The van der Waals surface area contributed by atoms with Crippen molar-refractivity contribution in [3.8, 4) is 17.2 Å². The zero-order chi connectivity index (χ0) is 22.0. The van der Waals surface area contributed by atoms with Gasteiger partial charge in [0.15, 0.2) is 0 Å². The minimum absolute atomic E-state index is 0.101. The number of sulfonamides is 1. The van der Waals surface area contributed by atoms with Crippen LogP contribution in [0.2, 0.25) is 0 Å². The first kappa shape index (κ1) is 20.6. The second-order valence-corrected chi connectivity index (χ2v) is 8.39. The van der Waals surface area contributed by atoms with E-state index in [1.54, 1.807) is 49.6 Å². The predicted octanol–water partition coefficient (Wildman–Crippen LogP) is 2.52. The molecule has 10 heteroatoms. The van der Waals surface area contributed by atoms with Gasteiger partial charge in [-0.2, -0.15) is 0 Å². The summed E-state index contributed by atoms with van der Waals surface area (Å²) in [6, 6.07) is 12.7. The van der Waals surface area contributed by atoms with Crippen molar-refractivity contribution in [2.75, 3.05) is 7.11 Å². The largest absolute Gasteiger partial charge is 0.497 e. The molecule has 1 aliphatic heterocycles. The number of methoxy groups -OCH3 is 1. The molecule has 1 N–H and O–H groups in total. The first-order valence-corrected chi connectivity index (χ1v) is 10.8. The fraction of sp³-hybridized carbons (Fsp3) is 0.190. The van der Waals surface area contributed by atoms with Gasteiger partial charge in [0, 0.05) is 11.1 Å². The molecule has 0 bridgehead atoms. The number of amidine groups is 1. The number of hydrogen-bond donors (Lipinski definition) is 1. The van der Waals surface area contributed by atoms with Crippen molar-refractivity contribution in [3.63, 3.8) is 0 Å². The molecule has 0 amide bonds. The molecule has 1 aromatic heterocycles. The van der Waals surface area contributed by atoms with Crippen LogP contribution in [0.4, 0.5) is 0 Å². The van der Waals surface area contributed by atoms with Crippen LogP contribution in [0.5, 0.6) is 5.75 Å². The van der Waals surface area contributed by atoms with Crippen molar-refractivity contribution >= 4 is 21.8 Å². The van der Waals surface area contributed by atoms with Crippen molar-refractivity contribution in [1.29, 1.82) is 0 Å². The molecule has 4 rings (SSSR count). The van der Waals surface area contributed by atoms with Crippen LogP contribution in [0.25, 0.3) is 11.5 Å². The summed E-state index contributed by atoms with van der Waals surface area (Å²) in [5.74, 6) is 0.597. The molecule has 2 heterocycles. The maximum Gasteiger partial charge on any atom is 0.331 e. The molecule has 1 atom stereocenters. The summed E-state index contributed by atoms with van der Waals surface area (Å²) in [4.78, 5) is 21.0. The highest BCUT2D eigenvalue weighted by molar-refractivity contribution is 7.90. The summed E-state index contributed by atoms with van der Waals surface area (Å²) in [5.41, 5.74) is 1.61. The van der Waals surface area contributed by atoms with Gasteiger partial charge in [-0.15, -0.1) is 0 Å². The van der Waals surface area contributed by atoms with Gasteiger partial charge < -0.3 is 13.9 Å². The van der Waals surface area contributed by atoms with Crippen molar-refractivity contribution in [2.45, 2.75) is 24.5 Å². The average molecular weight is 441 g/mol. The monoisotopic (exact) mass is 441 g/mol. The molecule has 2 aromatic carbocycles. The Morgan fingerprint density at radius 1 is 1.19 bits per heavy atom. The van der Waals surface area contributed by atoms with Crippen molar-refractivity contribution in [3.05, 3.63) is 66.1 Å². The van der Waals surface area contributed by atoms with Gasteiger partial charge in [-0.1, -0.05) is 12.1 Å². The zero-order valence-electron chi connectivity index (χ0n) is 16.7. The Morgan fingerprint density at radius 2 is 1.94 bits per heavy atom. The third kappa shape index (κ3) is 4.29. The first-order valence-electron chi connectivity index (χ1n) is 9.33. The van der Waals surface area contributed by atoms with Gasteiger partial charge in [0.2, 0.25) is 5.89 Å². The lowest BCUT2D eigenvalue weighted by molar-refractivity contribution is -0.146. The van der Waals surface area contributed by atoms with Gasteiger partial charge in [0.05, 0.1) is 12.0 Å². The van der Waals surface area contributed by atoms with Gasteiger partial charge in [0.25, 0.3) is 10.0 Å². The van der Waals surface area contributed by atoms with E-state index >= 15 is 0 Å². The summed E-state index contributed by atoms with van der Waals surface area (Å²) < 4.78 is 42.5. The van der Waals surface area contributed by atoms with Gasteiger partial charge >= 0.3 is 5.97 Å². The van der Waals surface area contributed by atoms with Crippen molar-refractivity contribution in [2.24, 2.45) is 4.99 Å². The summed E-state index contributed by atoms with van der Waals surface area (Å²) >= 11 is 0. The highest BCUT2D eigenvalue weighted by Gasteiger charge is 2.31. The quantitative estimate of drug-likeness (QED) is 0.584. The maximum absolute atomic E-state index is 12.3. The van der Waals surface area contributed by atoms with E-state index in [1.165, 1.54) is 19.3 Å². The van der Waals surface area contributed by atoms with Crippen LogP contribution in [0.1, 0.15) is 18.2 Å². The Hall–Kier alpha value is -3.66. The van der Waals surface area contributed by atoms with Crippen molar-refractivity contribution < 1.29 is 27.1 Å². The first-order chi connectivity index (χ1) is 14.9. The van der Waals surface area contributed by atoms with Gasteiger partial charge in [-0.05, 0) is 43.3 Å². The molecule has 0 spiro atoms. The Morgan fingerprint density at radius 3 is 2.68 bits per heavy atom. The minimum atomic E-state index is -3.67. The third-order valence-corrected chi connectivity index (χ3v) is 5.97. The molecule has 0 saturated carbocycles. The number of hydrogen-bond acceptors (Lipinski definition) is 8. The normalized spacial score (nSPS) is 16.4. The summed E-state index contributed by atoms with van der Waals surface area (Å²) in [6.45, 7) is 1.42. The topological polar surface area (TPSA) is 120 Å². The SMILES string of the molecule is COc1ccc(-c2nc(COC(=O)[C@H](C)N=C3NS(=O)(=O)c4ccccc43)co2)cc1. The summed E-state index contributed by atoms with van der Waals surface area (Å²) in [6.07, 6.45) is 1.41. The molecular formula is C21H19N3O6S. The number of nitrogens with zero attached hydrogens (tertiary/aromatic N) is 2. The lowest BCUT2D eigenvalue weighted by Gasteiger charge is -2.08. The number of aliphatic imine (C=N–C) groups is 1. The molecule has 0 aliphatic carbocycles. The minimum Gasteiger partial charge on any atom is -0.497 e. The summed E-state index contributed by atoms with van der Waals surface area (Å²) in [5, 5.41) is 0.